The highest BCUT2D eigenvalue weighted by Crippen LogP contribution is 2.32. The minimum absolute atomic E-state index is 0.146. The Morgan fingerprint density at radius 2 is 2.26 bits per heavy atom. The van der Waals surface area contributed by atoms with Gasteiger partial charge in [-0.1, -0.05) is 0 Å². The van der Waals surface area contributed by atoms with Crippen molar-refractivity contribution in [1.82, 2.24) is 4.98 Å². The zero-order chi connectivity index (χ0) is 16.4. The molecular formula is C16H16BrN3O3. The summed E-state index contributed by atoms with van der Waals surface area (Å²) >= 11 is 3.40. The van der Waals surface area contributed by atoms with E-state index in [1.807, 2.05) is 24.3 Å². The second-order valence-corrected chi connectivity index (χ2v) is 6.05. The first-order valence-electron chi connectivity index (χ1n) is 7.10. The van der Waals surface area contributed by atoms with Crippen LogP contribution in [0.2, 0.25) is 0 Å². The molecule has 1 aliphatic rings. The van der Waals surface area contributed by atoms with Gasteiger partial charge in [-0.25, -0.2) is 4.98 Å². The van der Waals surface area contributed by atoms with Crippen molar-refractivity contribution in [3.63, 3.8) is 0 Å². The molecule has 0 aliphatic carbocycles. The molecule has 2 heterocycles. The summed E-state index contributed by atoms with van der Waals surface area (Å²) in [6, 6.07) is 7.53. The van der Waals surface area contributed by atoms with E-state index >= 15 is 0 Å². The van der Waals surface area contributed by atoms with E-state index in [4.69, 9.17) is 9.47 Å². The Morgan fingerprint density at radius 1 is 1.43 bits per heavy atom. The summed E-state index contributed by atoms with van der Waals surface area (Å²) in [5, 5.41) is 6.12. The summed E-state index contributed by atoms with van der Waals surface area (Å²) < 4.78 is 11.7. The van der Waals surface area contributed by atoms with Crippen LogP contribution in [0.25, 0.3) is 0 Å². The van der Waals surface area contributed by atoms with Gasteiger partial charge in [0.05, 0.1) is 12.8 Å². The predicted molar refractivity (Wildman–Crippen MR) is 91.0 cm³/mol. The van der Waals surface area contributed by atoms with Crippen LogP contribution in [0.1, 0.15) is 12.5 Å². The molecule has 1 aliphatic heterocycles. The fraction of sp³-hybridized carbons (Fsp3) is 0.250. The summed E-state index contributed by atoms with van der Waals surface area (Å²) in [6.45, 7) is 2.26. The fourth-order valence-corrected chi connectivity index (χ4v) is 2.67. The fourth-order valence-electron chi connectivity index (χ4n) is 2.30. The lowest BCUT2D eigenvalue weighted by Gasteiger charge is -2.23. The van der Waals surface area contributed by atoms with Gasteiger partial charge >= 0.3 is 0 Å². The van der Waals surface area contributed by atoms with Crippen molar-refractivity contribution in [2.24, 2.45) is 0 Å². The van der Waals surface area contributed by atoms with Gasteiger partial charge in [0.2, 0.25) is 5.88 Å². The van der Waals surface area contributed by atoms with E-state index in [9.17, 15) is 4.79 Å². The molecule has 1 unspecified atom stereocenters. The molecule has 3 rings (SSSR count). The minimum Gasteiger partial charge on any atom is -0.481 e. The molecule has 7 heteroatoms. The maximum atomic E-state index is 11.7. The highest BCUT2D eigenvalue weighted by atomic mass is 79.9. The molecule has 0 radical (unpaired) electrons. The van der Waals surface area contributed by atoms with Crippen molar-refractivity contribution in [3.05, 3.63) is 40.5 Å². The number of carbonyl (C=O) groups is 1. The normalized spacial score (nSPS) is 16.1. The number of halogens is 1. The lowest BCUT2D eigenvalue weighted by Crippen LogP contribution is -2.34. The first-order valence-corrected chi connectivity index (χ1v) is 7.90. The van der Waals surface area contributed by atoms with Crippen LogP contribution >= 0.6 is 15.9 Å². The molecule has 1 aromatic heterocycles. The number of methoxy groups -OCH3 is 1. The van der Waals surface area contributed by atoms with E-state index in [1.54, 1.807) is 20.2 Å². The number of anilines is 2. The molecule has 120 valence electrons. The summed E-state index contributed by atoms with van der Waals surface area (Å²) in [5.41, 5.74) is 2.45. The molecule has 0 fully saturated rings. The summed E-state index contributed by atoms with van der Waals surface area (Å²) in [5.74, 6) is 1.10. The number of rotatable bonds is 4. The molecule has 23 heavy (non-hydrogen) atoms. The zero-order valence-electron chi connectivity index (χ0n) is 12.7. The van der Waals surface area contributed by atoms with Crippen LogP contribution < -0.4 is 20.1 Å². The average molecular weight is 378 g/mol. The third kappa shape index (κ3) is 3.39. The van der Waals surface area contributed by atoms with Gasteiger partial charge in [-0.3, -0.25) is 4.79 Å². The lowest BCUT2D eigenvalue weighted by atomic mass is 10.2. The van der Waals surface area contributed by atoms with E-state index in [0.717, 1.165) is 15.7 Å². The molecule has 0 spiro atoms. The largest absolute Gasteiger partial charge is 0.481 e. The highest BCUT2D eigenvalue weighted by molar-refractivity contribution is 9.10. The second-order valence-electron chi connectivity index (χ2n) is 5.14. The van der Waals surface area contributed by atoms with Crippen molar-refractivity contribution in [2.75, 3.05) is 17.7 Å². The molecule has 1 amide bonds. The van der Waals surface area contributed by atoms with E-state index in [1.165, 1.54) is 0 Å². The number of benzene rings is 1. The van der Waals surface area contributed by atoms with Crippen LogP contribution in [-0.2, 0) is 11.3 Å². The number of nitrogens with one attached hydrogen (secondary N) is 2. The molecule has 6 nitrogen and oxygen atoms in total. The number of nitrogens with zero attached hydrogens (tertiary/aromatic N) is 1. The van der Waals surface area contributed by atoms with E-state index in [2.05, 4.69) is 31.5 Å². The van der Waals surface area contributed by atoms with Gasteiger partial charge in [-0.15, -0.1) is 0 Å². The lowest BCUT2D eigenvalue weighted by molar-refractivity contribution is -0.122. The standard InChI is InChI=1S/C16H16BrN3O3/c1-9-15(21)20-13-6-12(3-4-14(13)23-9)18-7-10-5-11(17)8-19-16(10)22-2/h3-6,8-9,18H,7H2,1-2H3,(H,20,21). The molecular weight excluding hydrogens is 362 g/mol. The number of amides is 1. The van der Waals surface area contributed by atoms with Crippen molar-refractivity contribution in [3.8, 4) is 11.6 Å². The smallest absolute Gasteiger partial charge is 0.265 e. The van der Waals surface area contributed by atoms with Crippen molar-refractivity contribution in [1.29, 1.82) is 0 Å². The van der Waals surface area contributed by atoms with E-state index in [0.29, 0.717) is 23.9 Å². The first kappa shape index (κ1) is 15.6. The molecule has 2 aromatic rings. The topological polar surface area (TPSA) is 72.5 Å². The Labute approximate surface area is 142 Å². The Kier molecular flexibility index (Phi) is 4.38. The van der Waals surface area contributed by atoms with Crippen LogP contribution in [0, 0.1) is 0 Å². The van der Waals surface area contributed by atoms with Crippen molar-refractivity contribution < 1.29 is 14.3 Å². The zero-order valence-corrected chi connectivity index (χ0v) is 14.3. The number of pyridine rings is 1. The van der Waals surface area contributed by atoms with Crippen molar-refractivity contribution in [2.45, 2.75) is 19.6 Å². The number of hydrogen-bond acceptors (Lipinski definition) is 5. The Hall–Kier alpha value is -2.28. The van der Waals surface area contributed by atoms with Crippen LogP contribution in [0.3, 0.4) is 0 Å². The molecule has 1 atom stereocenters. The van der Waals surface area contributed by atoms with E-state index in [-0.39, 0.29) is 5.91 Å². The van der Waals surface area contributed by atoms with Gasteiger partial charge in [-0.2, -0.15) is 0 Å². The van der Waals surface area contributed by atoms with Crippen LogP contribution in [0.5, 0.6) is 11.6 Å². The maximum absolute atomic E-state index is 11.7. The maximum Gasteiger partial charge on any atom is 0.265 e. The molecule has 0 bridgehead atoms. The summed E-state index contributed by atoms with van der Waals surface area (Å²) in [7, 11) is 1.59. The number of fused-ring (bicyclic) bond motifs is 1. The van der Waals surface area contributed by atoms with Gasteiger partial charge in [0, 0.05) is 28.5 Å². The minimum atomic E-state index is -0.474. The monoisotopic (exact) mass is 377 g/mol. The van der Waals surface area contributed by atoms with Gasteiger partial charge in [0.1, 0.15) is 5.75 Å². The Balaban J connectivity index is 1.76. The SMILES string of the molecule is COc1ncc(Br)cc1CNc1ccc2c(c1)NC(=O)C(C)O2. The average Bonchev–Trinajstić information content (AvgIpc) is 2.54. The van der Waals surface area contributed by atoms with Gasteiger partial charge in [0.15, 0.2) is 6.10 Å². The van der Waals surface area contributed by atoms with Gasteiger partial charge in [0.25, 0.3) is 5.91 Å². The summed E-state index contributed by atoms with van der Waals surface area (Å²) in [6.07, 6.45) is 1.22. The van der Waals surface area contributed by atoms with Gasteiger partial charge in [-0.05, 0) is 47.1 Å². The first-order chi connectivity index (χ1) is 11.1. The molecule has 1 aromatic carbocycles. The number of aromatic nitrogens is 1. The van der Waals surface area contributed by atoms with Crippen LogP contribution in [0.4, 0.5) is 11.4 Å². The molecule has 0 saturated carbocycles. The summed E-state index contributed by atoms with van der Waals surface area (Å²) in [4.78, 5) is 15.9. The molecule has 2 N–H and O–H groups in total. The third-order valence-electron chi connectivity index (χ3n) is 3.48. The van der Waals surface area contributed by atoms with Crippen molar-refractivity contribution >= 4 is 33.2 Å². The Bertz CT molecular complexity index is 751. The Morgan fingerprint density at radius 3 is 3.04 bits per heavy atom. The number of hydrogen-bond donors (Lipinski definition) is 2. The van der Waals surface area contributed by atoms with E-state index < -0.39 is 6.10 Å². The van der Waals surface area contributed by atoms with Gasteiger partial charge < -0.3 is 20.1 Å². The predicted octanol–water partition coefficient (Wildman–Crippen LogP) is 3.18. The number of carbonyl (C=O) groups excluding carboxylic acids is 1. The van der Waals surface area contributed by atoms with Crippen LogP contribution in [-0.4, -0.2) is 24.1 Å². The number of ether oxygens (including phenoxy) is 2. The third-order valence-corrected chi connectivity index (χ3v) is 3.91. The highest BCUT2D eigenvalue weighted by Gasteiger charge is 2.23. The quantitative estimate of drug-likeness (QED) is 0.855. The second kappa shape index (κ2) is 6.45. The van der Waals surface area contributed by atoms with Crippen LogP contribution in [0.15, 0.2) is 34.9 Å². The molecule has 0 saturated heterocycles.